The molecule has 5 nitrogen and oxygen atoms in total. The summed E-state index contributed by atoms with van der Waals surface area (Å²) in [6.07, 6.45) is 4.61. The first-order valence-corrected chi connectivity index (χ1v) is 10.1. The molecule has 1 aliphatic heterocycles. The van der Waals surface area contributed by atoms with Crippen LogP contribution in [-0.4, -0.2) is 45.8 Å². The minimum absolute atomic E-state index is 0.0643. The second-order valence-corrected chi connectivity index (χ2v) is 7.67. The van der Waals surface area contributed by atoms with Gasteiger partial charge in [0.25, 0.3) is 0 Å². The van der Waals surface area contributed by atoms with E-state index in [1.807, 2.05) is 25.3 Å². The summed E-state index contributed by atoms with van der Waals surface area (Å²) in [5.74, 6) is -0.277. The van der Waals surface area contributed by atoms with Crippen LogP contribution in [0.25, 0.3) is 0 Å². The third-order valence-corrected chi connectivity index (χ3v) is 5.62. The number of fused-ring (bicyclic) bond motifs is 1. The van der Waals surface area contributed by atoms with Crippen molar-refractivity contribution >= 4 is 11.8 Å². The molecule has 1 aromatic heterocycles. The molecule has 1 atom stereocenters. The second-order valence-electron chi connectivity index (χ2n) is 7.67. The molecule has 0 bridgehead atoms. The minimum atomic E-state index is -0.475. The van der Waals surface area contributed by atoms with Gasteiger partial charge in [0, 0.05) is 43.0 Å². The summed E-state index contributed by atoms with van der Waals surface area (Å²) in [6.45, 7) is 3.82. The second kappa shape index (κ2) is 7.78. The van der Waals surface area contributed by atoms with Crippen LogP contribution in [0, 0.1) is 11.7 Å². The lowest BCUT2D eigenvalue weighted by molar-refractivity contribution is -0.142. The number of amides is 2. The maximum Gasteiger partial charge on any atom is 0.243 e. The summed E-state index contributed by atoms with van der Waals surface area (Å²) < 4.78 is 16.7. The fourth-order valence-electron chi connectivity index (χ4n) is 4.06. The SMILES string of the molecule is CCCN(CC(=O)N1CCn2cccc2C1c1ccccc1F)C(=O)C1CC1. The van der Waals surface area contributed by atoms with E-state index in [-0.39, 0.29) is 30.1 Å². The number of carbonyl (C=O) groups is 2. The highest BCUT2D eigenvalue weighted by Gasteiger charge is 2.37. The van der Waals surface area contributed by atoms with Gasteiger partial charge < -0.3 is 14.4 Å². The molecule has 1 unspecified atom stereocenters. The Morgan fingerprint density at radius 1 is 1.14 bits per heavy atom. The van der Waals surface area contributed by atoms with Gasteiger partial charge in [-0.15, -0.1) is 0 Å². The summed E-state index contributed by atoms with van der Waals surface area (Å²) in [7, 11) is 0. The van der Waals surface area contributed by atoms with E-state index in [2.05, 4.69) is 4.57 Å². The number of hydrogen-bond donors (Lipinski definition) is 0. The van der Waals surface area contributed by atoms with Crippen molar-refractivity contribution in [3.63, 3.8) is 0 Å². The Kier molecular flexibility index (Phi) is 5.20. The van der Waals surface area contributed by atoms with E-state index in [9.17, 15) is 14.0 Å². The Morgan fingerprint density at radius 3 is 2.64 bits per heavy atom. The lowest BCUT2D eigenvalue weighted by Gasteiger charge is -2.38. The van der Waals surface area contributed by atoms with Gasteiger partial charge in [-0.05, 0) is 37.5 Å². The minimum Gasteiger partial charge on any atom is -0.348 e. The Labute approximate surface area is 164 Å². The molecule has 28 heavy (non-hydrogen) atoms. The maximum atomic E-state index is 14.6. The van der Waals surface area contributed by atoms with E-state index in [1.54, 1.807) is 28.0 Å². The molecule has 2 aromatic rings. The number of benzene rings is 1. The predicted molar refractivity (Wildman–Crippen MR) is 104 cm³/mol. The fraction of sp³-hybridized carbons (Fsp3) is 0.455. The van der Waals surface area contributed by atoms with Crippen LogP contribution < -0.4 is 0 Å². The van der Waals surface area contributed by atoms with Crippen molar-refractivity contribution < 1.29 is 14.0 Å². The van der Waals surface area contributed by atoms with Crippen molar-refractivity contribution in [1.29, 1.82) is 0 Å². The van der Waals surface area contributed by atoms with Crippen molar-refractivity contribution in [2.45, 2.75) is 38.8 Å². The lowest BCUT2D eigenvalue weighted by atomic mass is 9.99. The molecule has 148 valence electrons. The largest absolute Gasteiger partial charge is 0.348 e. The predicted octanol–water partition coefficient (Wildman–Crippen LogP) is 3.21. The molecule has 1 aromatic carbocycles. The highest BCUT2D eigenvalue weighted by Crippen LogP contribution is 2.34. The van der Waals surface area contributed by atoms with Gasteiger partial charge in [0.15, 0.2) is 0 Å². The standard InChI is InChI=1S/C22H26FN3O2/c1-2-11-25(22(28)16-9-10-16)15-20(27)26-14-13-24-12-5-8-19(24)21(26)17-6-3-4-7-18(17)23/h3-8,12,16,21H,2,9-11,13-15H2,1H3. The van der Waals surface area contributed by atoms with Crippen molar-refractivity contribution in [1.82, 2.24) is 14.4 Å². The van der Waals surface area contributed by atoms with Crippen LogP contribution in [0.1, 0.15) is 43.5 Å². The number of rotatable bonds is 6. The number of carbonyl (C=O) groups excluding carboxylic acids is 2. The zero-order valence-electron chi connectivity index (χ0n) is 16.2. The molecule has 1 saturated carbocycles. The average Bonchev–Trinajstić information content (AvgIpc) is 3.43. The van der Waals surface area contributed by atoms with Crippen LogP contribution >= 0.6 is 0 Å². The molecule has 0 radical (unpaired) electrons. The van der Waals surface area contributed by atoms with Crippen molar-refractivity contribution in [2.75, 3.05) is 19.6 Å². The van der Waals surface area contributed by atoms with Gasteiger partial charge in [-0.1, -0.05) is 25.1 Å². The number of hydrogen-bond acceptors (Lipinski definition) is 2. The molecule has 2 aliphatic rings. The summed E-state index contributed by atoms with van der Waals surface area (Å²) in [5.41, 5.74) is 1.39. The van der Waals surface area contributed by atoms with E-state index in [0.717, 1.165) is 25.0 Å². The Bertz CT molecular complexity index is 874. The third kappa shape index (κ3) is 3.55. The molecule has 0 spiro atoms. The molecule has 4 rings (SSSR count). The van der Waals surface area contributed by atoms with E-state index in [1.165, 1.54) is 6.07 Å². The van der Waals surface area contributed by atoms with Crippen molar-refractivity contribution in [3.05, 3.63) is 59.7 Å². The Hall–Kier alpha value is -2.63. The lowest BCUT2D eigenvalue weighted by Crippen LogP contribution is -2.48. The number of halogens is 1. The normalized spacial score (nSPS) is 18.6. The summed E-state index contributed by atoms with van der Waals surface area (Å²) >= 11 is 0. The molecule has 6 heteroatoms. The Balaban J connectivity index is 1.62. The quantitative estimate of drug-likeness (QED) is 0.769. The monoisotopic (exact) mass is 383 g/mol. The van der Waals surface area contributed by atoms with Gasteiger partial charge in [-0.25, -0.2) is 4.39 Å². The molecule has 2 heterocycles. The zero-order chi connectivity index (χ0) is 19.7. The first-order chi connectivity index (χ1) is 13.6. The topological polar surface area (TPSA) is 45.6 Å². The van der Waals surface area contributed by atoms with E-state index in [4.69, 9.17) is 0 Å². The van der Waals surface area contributed by atoms with Crippen LogP contribution in [0.2, 0.25) is 0 Å². The molecule has 2 amide bonds. The highest BCUT2D eigenvalue weighted by molar-refractivity contribution is 5.87. The van der Waals surface area contributed by atoms with Gasteiger partial charge in [0.1, 0.15) is 11.9 Å². The van der Waals surface area contributed by atoms with E-state index < -0.39 is 6.04 Å². The van der Waals surface area contributed by atoms with Gasteiger partial charge in [-0.3, -0.25) is 9.59 Å². The van der Waals surface area contributed by atoms with Crippen LogP contribution in [0.4, 0.5) is 4.39 Å². The highest BCUT2D eigenvalue weighted by atomic mass is 19.1. The molecule has 0 N–H and O–H groups in total. The summed E-state index contributed by atoms with van der Waals surface area (Å²) in [5, 5.41) is 0. The van der Waals surface area contributed by atoms with Gasteiger partial charge >= 0.3 is 0 Å². The Morgan fingerprint density at radius 2 is 1.93 bits per heavy atom. The molecule has 0 saturated heterocycles. The molecular weight excluding hydrogens is 357 g/mol. The van der Waals surface area contributed by atoms with Gasteiger partial charge in [0.05, 0.1) is 6.54 Å². The van der Waals surface area contributed by atoms with E-state index in [0.29, 0.717) is 25.2 Å². The fourth-order valence-corrected chi connectivity index (χ4v) is 4.06. The van der Waals surface area contributed by atoms with Crippen LogP contribution in [0.5, 0.6) is 0 Å². The number of nitrogens with zero attached hydrogens (tertiary/aromatic N) is 3. The molecule has 1 fully saturated rings. The maximum absolute atomic E-state index is 14.6. The summed E-state index contributed by atoms with van der Waals surface area (Å²) in [4.78, 5) is 29.2. The molecule has 1 aliphatic carbocycles. The third-order valence-electron chi connectivity index (χ3n) is 5.62. The number of aromatic nitrogens is 1. The van der Waals surface area contributed by atoms with Crippen LogP contribution in [0.3, 0.4) is 0 Å². The van der Waals surface area contributed by atoms with Gasteiger partial charge in [-0.2, -0.15) is 0 Å². The van der Waals surface area contributed by atoms with Gasteiger partial charge in [0.2, 0.25) is 11.8 Å². The zero-order valence-corrected chi connectivity index (χ0v) is 16.2. The van der Waals surface area contributed by atoms with E-state index >= 15 is 0 Å². The summed E-state index contributed by atoms with van der Waals surface area (Å²) in [6, 6.07) is 10.0. The van der Waals surface area contributed by atoms with Crippen molar-refractivity contribution in [2.24, 2.45) is 5.92 Å². The van der Waals surface area contributed by atoms with Crippen molar-refractivity contribution in [3.8, 4) is 0 Å². The first kappa shape index (κ1) is 18.7. The first-order valence-electron chi connectivity index (χ1n) is 10.1. The molecular formula is C22H26FN3O2. The van der Waals surface area contributed by atoms with Crippen LogP contribution in [-0.2, 0) is 16.1 Å². The van der Waals surface area contributed by atoms with Crippen LogP contribution in [0.15, 0.2) is 42.6 Å². The average molecular weight is 383 g/mol. The smallest absolute Gasteiger partial charge is 0.243 e.